The first kappa shape index (κ1) is 11.4. The Morgan fingerprint density at radius 3 is 3.06 bits per heavy atom. The Hall–Kier alpha value is -1.73. The Morgan fingerprint density at radius 2 is 2.28 bits per heavy atom. The number of rotatable bonds is 2. The average molecular weight is 255 g/mol. The predicted octanol–water partition coefficient (Wildman–Crippen LogP) is 3.02. The fourth-order valence-electron chi connectivity index (χ4n) is 2.23. The lowest BCUT2D eigenvalue weighted by atomic mass is 10.1. The second kappa shape index (κ2) is 4.87. The number of hydrogen-bond donors (Lipinski definition) is 1. The zero-order chi connectivity index (χ0) is 12.4. The SMILES string of the molecule is N#Cc1cnc2ccccc2c1NC1CCSC1. The van der Waals surface area contributed by atoms with Crippen LogP contribution in [0.3, 0.4) is 0 Å². The summed E-state index contributed by atoms with van der Waals surface area (Å²) >= 11 is 1.96. The number of para-hydroxylation sites is 1. The van der Waals surface area contributed by atoms with Crippen LogP contribution < -0.4 is 5.32 Å². The number of nitrogens with zero attached hydrogens (tertiary/aromatic N) is 2. The molecule has 0 amide bonds. The zero-order valence-corrected chi connectivity index (χ0v) is 10.7. The van der Waals surface area contributed by atoms with Gasteiger partial charge in [-0.05, 0) is 18.2 Å². The van der Waals surface area contributed by atoms with Crippen molar-refractivity contribution in [2.24, 2.45) is 0 Å². The van der Waals surface area contributed by atoms with Gasteiger partial charge in [-0.25, -0.2) is 0 Å². The molecule has 90 valence electrons. The summed E-state index contributed by atoms with van der Waals surface area (Å²) in [5.41, 5.74) is 2.51. The molecule has 1 N–H and O–H groups in total. The maximum absolute atomic E-state index is 9.22. The minimum absolute atomic E-state index is 0.466. The highest BCUT2D eigenvalue weighted by Gasteiger charge is 2.18. The molecule has 1 aliphatic rings. The van der Waals surface area contributed by atoms with Gasteiger partial charge >= 0.3 is 0 Å². The summed E-state index contributed by atoms with van der Waals surface area (Å²) in [7, 11) is 0. The number of anilines is 1. The first-order valence-electron chi connectivity index (χ1n) is 6.00. The van der Waals surface area contributed by atoms with Crippen LogP contribution in [0.25, 0.3) is 10.9 Å². The highest BCUT2D eigenvalue weighted by molar-refractivity contribution is 7.99. The number of aromatic nitrogens is 1. The minimum Gasteiger partial charge on any atom is -0.380 e. The number of pyridine rings is 1. The van der Waals surface area contributed by atoms with Gasteiger partial charge in [0.25, 0.3) is 0 Å². The summed E-state index contributed by atoms with van der Waals surface area (Å²) in [6.45, 7) is 0. The average Bonchev–Trinajstić information content (AvgIpc) is 2.92. The number of hydrogen-bond acceptors (Lipinski definition) is 4. The highest BCUT2D eigenvalue weighted by atomic mass is 32.2. The van der Waals surface area contributed by atoms with Crippen molar-refractivity contribution in [2.45, 2.75) is 12.5 Å². The van der Waals surface area contributed by atoms with Crippen molar-refractivity contribution in [3.05, 3.63) is 36.0 Å². The third-order valence-corrected chi connectivity index (χ3v) is 4.34. The maximum atomic E-state index is 9.22. The third kappa shape index (κ3) is 2.02. The molecule has 3 nitrogen and oxygen atoms in total. The second-order valence-electron chi connectivity index (χ2n) is 4.38. The molecule has 0 spiro atoms. The Labute approximate surface area is 110 Å². The van der Waals surface area contributed by atoms with Crippen molar-refractivity contribution in [3.63, 3.8) is 0 Å². The molecule has 18 heavy (non-hydrogen) atoms. The Balaban J connectivity index is 2.08. The molecule has 1 aliphatic heterocycles. The molecule has 0 bridgehead atoms. The van der Waals surface area contributed by atoms with Crippen molar-refractivity contribution in [3.8, 4) is 6.07 Å². The first-order chi connectivity index (χ1) is 8.88. The molecule has 1 aromatic carbocycles. The van der Waals surface area contributed by atoms with Crippen LogP contribution in [-0.4, -0.2) is 22.5 Å². The van der Waals surface area contributed by atoms with Crippen LogP contribution in [0.1, 0.15) is 12.0 Å². The van der Waals surface area contributed by atoms with Crippen molar-refractivity contribution in [1.82, 2.24) is 4.98 Å². The van der Waals surface area contributed by atoms with Crippen molar-refractivity contribution in [1.29, 1.82) is 5.26 Å². The smallest absolute Gasteiger partial charge is 0.103 e. The normalized spacial score (nSPS) is 18.7. The number of nitrogens with one attached hydrogen (secondary N) is 1. The van der Waals surface area contributed by atoms with Gasteiger partial charge in [0.2, 0.25) is 0 Å². The van der Waals surface area contributed by atoms with Crippen LogP contribution in [0, 0.1) is 11.3 Å². The van der Waals surface area contributed by atoms with Crippen molar-refractivity contribution >= 4 is 28.4 Å². The van der Waals surface area contributed by atoms with E-state index in [1.807, 2.05) is 36.0 Å². The van der Waals surface area contributed by atoms with Crippen LogP contribution in [0.15, 0.2) is 30.5 Å². The largest absolute Gasteiger partial charge is 0.380 e. The second-order valence-corrected chi connectivity index (χ2v) is 5.53. The van der Waals surface area contributed by atoms with E-state index in [2.05, 4.69) is 16.4 Å². The van der Waals surface area contributed by atoms with Crippen LogP contribution >= 0.6 is 11.8 Å². The summed E-state index contributed by atoms with van der Waals surface area (Å²) < 4.78 is 0. The van der Waals surface area contributed by atoms with E-state index < -0.39 is 0 Å². The Kier molecular flexibility index (Phi) is 3.07. The van der Waals surface area contributed by atoms with Crippen LogP contribution in [-0.2, 0) is 0 Å². The molecule has 3 rings (SSSR count). The van der Waals surface area contributed by atoms with Gasteiger partial charge in [-0.3, -0.25) is 4.98 Å². The molecule has 2 aromatic rings. The van der Waals surface area contributed by atoms with Gasteiger partial charge < -0.3 is 5.32 Å². The van der Waals surface area contributed by atoms with E-state index in [-0.39, 0.29) is 0 Å². The summed E-state index contributed by atoms with van der Waals surface area (Å²) in [5.74, 6) is 2.31. The molecule has 0 saturated carbocycles. The molecule has 1 aromatic heterocycles. The standard InChI is InChI=1S/C14H13N3S/c15-7-10-8-16-13-4-2-1-3-12(13)14(10)17-11-5-6-18-9-11/h1-4,8,11H,5-6,9H2,(H,16,17). The lowest BCUT2D eigenvalue weighted by Crippen LogP contribution is -2.19. The van der Waals surface area contributed by atoms with Gasteiger partial charge in [0, 0.05) is 23.4 Å². The van der Waals surface area contributed by atoms with Gasteiger partial charge in [0.15, 0.2) is 0 Å². The number of thioether (sulfide) groups is 1. The fraction of sp³-hybridized carbons (Fsp3) is 0.286. The van der Waals surface area contributed by atoms with E-state index in [1.165, 1.54) is 5.75 Å². The molecule has 1 atom stereocenters. The summed E-state index contributed by atoms with van der Waals surface area (Å²) in [4.78, 5) is 4.32. The van der Waals surface area contributed by atoms with Gasteiger partial charge in [0.05, 0.1) is 16.8 Å². The van der Waals surface area contributed by atoms with Crippen LogP contribution in [0.4, 0.5) is 5.69 Å². The van der Waals surface area contributed by atoms with E-state index in [0.717, 1.165) is 28.8 Å². The minimum atomic E-state index is 0.466. The van der Waals surface area contributed by atoms with E-state index in [9.17, 15) is 5.26 Å². The lowest BCUT2D eigenvalue weighted by Gasteiger charge is -2.16. The Morgan fingerprint density at radius 1 is 1.39 bits per heavy atom. The maximum Gasteiger partial charge on any atom is 0.103 e. The van der Waals surface area contributed by atoms with E-state index in [0.29, 0.717) is 11.6 Å². The monoisotopic (exact) mass is 255 g/mol. The zero-order valence-electron chi connectivity index (χ0n) is 9.89. The van der Waals surface area contributed by atoms with Crippen molar-refractivity contribution < 1.29 is 0 Å². The lowest BCUT2D eigenvalue weighted by molar-refractivity contribution is 0.814. The molecule has 2 heterocycles. The predicted molar refractivity (Wildman–Crippen MR) is 75.8 cm³/mol. The summed E-state index contributed by atoms with van der Waals surface area (Å²) in [6, 6.07) is 10.6. The molecular formula is C14H13N3S. The Bertz CT molecular complexity index is 612. The van der Waals surface area contributed by atoms with E-state index in [4.69, 9.17) is 0 Å². The summed E-state index contributed by atoms with van der Waals surface area (Å²) in [5, 5.41) is 13.8. The van der Waals surface area contributed by atoms with Crippen LogP contribution in [0.5, 0.6) is 0 Å². The van der Waals surface area contributed by atoms with Gasteiger partial charge in [-0.1, -0.05) is 18.2 Å². The molecule has 1 fully saturated rings. The number of nitriles is 1. The molecule has 1 saturated heterocycles. The van der Waals surface area contributed by atoms with E-state index >= 15 is 0 Å². The molecule has 1 unspecified atom stereocenters. The summed E-state index contributed by atoms with van der Waals surface area (Å²) in [6.07, 6.45) is 2.82. The number of fused-ring (bicyclic) bond motifs is 1. The number of benzene rings is 1. The van der Waals surface area contributed by atoms with Crippen LogP contribution in [0.2, 0.25) is 0 Å². The highest BCUT2D eigenvalue weighted by Crippen LogP contribution is 2.29. The van der Waals surface area contributed by atoms with Gasteiger partial charge in [-0.2, -0.15) is 17.0 Å². The molecule has 4 heteroatoms. The topological polar surface area (TPSA) is 48.7 Å². The van der Waals surface area contributed by atoms with Crippen molar-refractivity contribution in [2.75, 3.05) is 16.8 Å². The van der Waals surface area contributed by atoms with Gasteiger partial charge in [-0.15, -0.1) is 0 Å². The molecule has 0 radical (unpaired) electrons. The molecule has 0 aliphatic carbocycles. The fourth-order valence-corrected chi connectivity index (χ4v) is 3.39. The first-order valence-corrected chi connectivity index (χ1v) is 7.16. The molecular weight excluding hydrogens is 242 g/mol. The quantitative estimate of drug-likeness (QED) is 0.896. The van der Waals surface area contributed by atoms with Gasteiger partial charge in [0.1, 0.15) is 6.07 Å². The van der Waals surface area contributed by atoms with E-state index in [1.54, 1.807) is 6.20 Å². The third-order valence-electron chi connectivity index (χ3n) is 3.17.